The molecule has 1 atom stereocenters. The van der Waals surface area contributed by atoms with Crippen molar-refractivity contribution < 1.29 is 9.90 Å². The van der Waals surface area contributed by atoms with Gasteiger partial charge < -0.3 is 10.0 Å². The molecule has 1 unspecified atom stereocenters. The molecule has 0 spiro atoms. The largest absolute Gasteiger partial charge is 0.395 e. The molecule has 1 aromatic heterocycles. The topological polar surface area (TPSA) is 53.4 Å². The molecule has 4 heteroatoms. The zero-order chi connectivity index (χ0) is 14.4. The molecule has 1 N–H and O–H groups in total. The first-order chi connectivity index (χ1) is 9.72. The monoisotopic (exact) mass is 272 g/mol. The second kappa shape index (κ2) is 7.06. The Hall–Kier alpha value is -1.86. The predicted molar refractivity (Wildman–Crippen MR) is 77.2 cm³/mol. The highest BCUT2D eigenvalue weighted by molar-refractivity contribution is 5.94. The number of amides is 1. The minimum absolute atomic E-state index is 0.0375. The van der Waals surface area contributed by atoms with Crippen molar-refractivity contribution in [2.45, 2.75) is 38.6 Å². The molecular formula is C16H20N2O2. The van der Waals surface area contributed by atoms with Gasteiger partial charge in [-0.1, -0.05) is 11.8 Å². The van der Waals surface area contributed by atoms with Crippen molar-refractivity contribution in [2.75, 3.05) is 13.2 Å². The summed E-state index contributed by atoms with van der Waals surface area (Å²) in [4.78, 5) is 18.5. The maximum absolute atomic E-state index is 12.5. The van der Waals surface area contributed by atoms with E-state index in [1.54, 1.807) is 18.5 Å². The molecule has 0 aliphatic carbocycles. The minimum atomic E-state index is 0.0375. The molecule has 2 heterocycles. The highest BCUT2D eigenvalue weighted by Gasteiger charge is 2.24. The number of aromatic nitrogens is 1. The first-order valence-electron chi connectivity index (χ1n) is 7.08. The molecule has 0 bridgehead atoms. The number of nitrogens with zero attached hydrogens (tertiary/aromatic N) is 2. The standard InChI is InChI=1S/C16H20N2O2/c1-13-6-2-4-8-18(13)16(20)15-10-14(11-17-12-15)7-3-5-9-19/h10-13,19H,2,4-6,8-9H2,1H3. The fraction of sp³-hybridized carbons (Fsp3) is 0.500. The first kappa shape index (κ1) is 14.5. The molecular weight excluding hydrogens is 252 g/mol. The molecule has 1 amide bonds. The summed E-state index contributed by atoms with van der Waals surface area (Å²) in [5.41, 5.74) is 1.31. The van der Waals surface area contributed by atoms with Gasteiger partial charge in [-0.2, -0.15) is 0 Å². The van der Waals surface area contributed by atoms with Gasteiger partial charge in [0.1, 0.15) is 0 Å². The molecule has 1 aromatic rings. The van der Waals surface area contributed by atoms with Gasteiger partial charge in [-0.05, 0) is 32.3 Å². The third-order valence-corrected chi connectivity index (χ3v) is 3.52. The summed E-state index contributed by atoms with van der Waals surface area (Å²) in [5, 5.41) is 8.71. The van der Waals surface area contributed by atoms with E-state index >= 15 is 0 Å². The van der Waals surface area contributed by atoms with Crippen LogP contribution in [0.1, 0.15) is 48.5 Å². The van der Waals surface area contributed by atoms with Crippen LogP contribution in [0.3, 0.4) is 0 Å². The number of piperidine rings is 1. The van der Waals surface area contributed by atoms with Crippen LogP contribution in [-0.2, 0) is 0 Å². The first-order valence-corrected chi connectivity index (χ1v) is 7.08. The Kier molecular flexibility index (Phi) is 5.14. The number of rotatable bonds is 2. The van der Waals surface area contributed by atoms with Crippen molar-refractivity contribution in [3.63, 3.8) is 0 Å². The highest BCUT2D eigenvalue weighted by atomic mass is 16.2. The Morgan fingerprint density at radius 2 is 2.35 bits per heavy atom. The summed E-state index contributed by atoms with van der Waals surface area (Å²) in [5.74, 6) is 5.79. The van der Waals surface area contributed by atoms with Gasteiger partial charge >= 0.3 is 0 Å². The smallest absolute Gasteiger partial charge is 0.255 e. The number of pyridine rings is 1. The Morgan fingerprint density at radius 1 is 1.50 bits per heavy atom. The van der Waals surface area contributed by atoms with Crippen molar-refractivity contribution in [3.05, 3.63) is 29.6 Å². The van der Waals surface area contributed by atoms with Gasteiger partial charge in [-0.3, -0.25) is 9.78 Å². The lowest BCUT2D eigenvalue weighted by Crippen LogP contribution is -2.42. The van der Waals surface area contributed by atoms with Crippen LogP contribution in [0.5, 0.6) is 0 Å². The van der Waals surface area contributed by atoms with Gasteiger partial charge in [0.15, 0.2) is 0 Å². The normalized spacial score (nSPS) is 18.3. The Bertz CT molecular complexity index is 531. The number of carbonyl (C=O) groups is 1. The van der Waals surface area contributed by atoms with E-state index in [-0.39, 0.29) is 12.5 Å². The quantitative estimate of drug-likeness (QED) is 0.836. The molecule has 0 radical (unpaired) electrons. The SMILES string of the molecule is CC1CCCCN1C(=O)c1cncc(C#CCCO)c1. The molecule has 1 aliphatic rings. The number of aliphatic hydroxyl groups excluding tert-OH is 1. The predicted octanol–water partition coefficient (Wildman–Crippen LogP) is 1.83. The van der Waals surface area contributed by atoms with Crippen molar-refractivity contribution >= 4 is 5.91 Å². The fourth-order valence-electron chi connectivity index (χ4n) is 2.41. The van der Waals surface area contributed by atoms with Crippen LogP contribution in [0.2, 0.25) is 0 Å². The van der Waals surface area contributed by atoms with Gasteiger partial charge in [0.2, 0.25) is 0 Å². The van der Waals surface area contributed by atoms with Gasteiger partial charge in [-0.25, -0.2) is 0 Å². The van der Waals surface area contributed by atoms with E-state index in [1.165, 1.54) is 6.42 Å². The summed E-state index contributed by atoms with van der Waals surface area (Å²) in [7, 11) is 0. The molecule has 4 nitrogen and oxygen atoms in total. The Morgan fingerprint density at radius 3 is 3.10 bits per heavy atom. The summed E-state index contributed by atoms with van der Waals surface area (Å²) in [6.45, 7) is 2.96. The molecule has 1 aliphatic heterocycles. The number of hydrogen-bond donors (Lipinski definition) is 1. The lowest BCUT2D eigenvalue weighted by atomic mass is 10.0. The minimum Gasteiger partial charge on any atom is -0.395 e. The second-order valence-electron chi connectivity index (χ2n) is 5.08. The number of likely N-dealkylation sites (tertiary alicyclic amines) is 1. The maximum atomic E-state index is 12.5. The van der Waals surface area contributed by atoms with Crippen molar-refractivity contribution in [1.82, 2.24) is 9.88 Å². The van der Waals surface area contributed by atoms with Crippen LogP contribution in [0.25, 0.3) is 0 Å². The molecule has 106 valence electrons. The van der Waals surface area contributed by atoms with Crippen LogP contribution in [0, 0.1) is 11.8 Å². The van der Waals surface area contributed by atoms with Crippen molar-refractivity contribution in [1.29, 1.82) is 0 Å². The van der Waals surface area contributed by atoms with Crippen LogP contribution < -0.4 is 0 Å². The average molecular weight is 272 g/mol. The summed E-state index contributed by atoms with van der Waals surface area (Å²) in [6.07, 6.45) is 6.99. The van der Waals surface area contributed by atoms with Gasteiger partial charge in [0.05, 0.1) is 12.2 Å². The zero-order valence-corrected chi connectivity index (χ0v) is 11.8. The van der Waals surface area contributed by atoms with Gasteiger partial charge in [-0.15, -0.1) is 0 Å². The van der Waals surface area contributed by atoms with Crippen LogP contribution in [0.15, 0.2) is 18.5 Å². The molecule has 0 aromatic carbocycles. The third kappa shape index (κ3) is 3.58. The Labute approximate surface area is 119 Å². The zero-order valence-electron chi connectivity index (χ0n) is 11.8. The maximum Gasteiger partial charge on any atom is 0.255 e. The van der Waals surface area contributed by atoms with Crippen LogP contribution in [-0.4, -0.2) is 40.1 Å². The van der Waals surface area contributed by atoms with E-state index in [4.69, 9.17) is 5.11 Å². The third-order valence-electron chi connectivity index (χ3n) is 3.52. The van der Waals surface area contributed by atoms with E-state index in [0.29, 0.717) is 23.6 Å². The van der Waals surface area contributed by atoms with Crippen LogP contribution in [0.4, 0.5) is 0 Å². The van der Waals surface area contributed by atoms with Crippen molar-refractivity contribution in [2.24, 2.45) is 0 Å². The molecule has 1 fully saturated rings. The molecule has 0 saturated carbocycles. The second-order valence-corrected chi connectivity index (χ2v) is 5.08. The number of aliphatic hydroxyl groups is 1. The summed E-state index contributed by atoms with van der Waals surface area (Å²) < 4.78 is 0. The lowest BCUT2D eigenvalue weighted by Gasteiger charge is -2.33. The number of carbonyl (C=O) groups excluding carboxylic acids is 1. The average Bonchev–Trinajstić information content (AvgIpc) is 2.48. The van der Waals surface area contributed by atoms with E-state index in [1.807, 2.05) is 4.90 Å². The number of hydrogen-bond acceptors (Lipinski definition) is 3. The highest BCUT2D eigenvalue weighted by Crippen LogP contribution is 2.19. The molecule has 2 rings (SSSR count). The van der Waals surface area contributed by atoms with E-state index in [2.05, 4.69) is 23.7 Å². The van der Waals surface area contributed by atoms with Crippen LogP contribution >= 0.6 is 0 Å². The Balaban J connectivity index is 2.14. The van der Waals surface area contributed by atoms with E-state index in [9.17, 15) is 4.79 Å². The lowest BCUT2D eigenvalue weighted by molar-refractivity contribution is 0.0635. The van der Waals surface area contributed by atoms with Gasteiger partial charge in [0, 0.05) is 37.0 Å². The fourth-order valence-corrected chi connectivity index (χ4v) is 2.41. The summed E-state index contributed by atoms with van der Waals surface area (Å²) in [6, 6.07) is 2.07. The molecule has 20 heavy (non-hydrogen) atoms. The summed E-state index contributed by atoms with van der Waals surface area (Å²) >= 11 is 0. The van der Waals surface area contributed by atoms with Crippen molar-refractivity contribution in [3.8, 4) is 11.8 Å². The van der Waals surface area contributed by atoms with E-state index in [0.717, 1.165) is 19.4 Å². The van der Waals surface area contributed by atoms with E-state index < -0.39 is 0 Å². The van der Waals surface area contributed by atoms with Gasteiger partial charge in [0.25, 0.3) is 5.91 Å². The molecule has 1 saturated heterocycles.